The Labute approximate surface area is 108 Å². The Morgan fingerprint density at radius 3 is 3.00 bits per heavy atom. The lowest BCUT2D eigenvalue weighted by atomic mass is 10.4. The second kappa shape index (κ2) is 4.94. The van der Waals surface area contributed by atoms with Crippen molar-refractivity contribution in [3.05, 3.63) is 31.1 Å². The number of hydrogen-bond acceptors (Lipinski definition) is 7. The summed E-state index contributed by atoms with van der Waals surface area (Å²) in [7, 11) is 1.61. The van der Waals surface area contributed by atoms with Crippen LogP contribution < -0.4 is 5.32 Å². The maximum absolute atomic E-state index is 5.09. The molecule has 3 rings (SSSR count). The zero-order chi connectivity index (χ0) is 13.1. The first-order chi connectivity index (χ1) is 9.38. The van der Waals surface area contributed by atoms with Crippen molar-refractivity contribution in [1.29, 1.82) is 0 Å². The molecule has 0 radical (unpaired) electrons. The van der Waals surface area contributed by atoms with E-state index in [0.717, 1.165) is 11.0 Å². The van der Waals surface area contributed by atoms with Crippen molar-refractivity contribution in [2.75, 3.05) is 12.4 Å². The van der Waals surface area contributed by atoms with Gasteiger partial charge in [-0.1, -0.05) is 0 Å². The molecule has 0 aromatic carbocycles. The summed E-state index contributed by atoms with van der Waals surface area (Å²) in [5, 5.41) is 7.32. The molecule has 0 unspecified atom stereocenters. The molecule has 0 aliphatic rings. The minimum absolute atomic E-state index is 0.329. The summed E-state index contributed by atoms with van der Waals surface area (Å²) in [6, 6.07) is 1.75. The van der Waals surface area contributed by atoms with E-state index in [1.54, 1.807) is 30.3 Å². The average molecular weight is 257 g/mol. The van der Waals surface area contributed by atoms with Crippen molar-refractivity contribution < 1.29 is 4.74 Å². The van der Waals surface area contributed by atoms with Gasteiger partial charge in [0.25, 0.3) is 0 Å². The summed E-state index contributed by atoms with van der Waals surface area (Å²) in [5.74, 6) is 1.28. The highest BCUT2D eigenvalue weighted by atomic mass is 16.5. The van der Waals surface area contributed by atoms with Crippen LogP contribution in [0.4, 0.5) is 11.6 Å². The number of fused-ring (bicyclic) bond motifs is 1. The number of nitrogens with one attached hydrogen (secondary N) is 1. The molecule has 3 heterocycles. The second-order valence-electron chi connectivity index (χ2n) is 3.74. The van der Waals surface area contributed by atoms with Crippen LogP contribution in [0.5, 0.6) is 0 Å². The molecule has 8 heteroatoms. The molecule has 3 aromatic heterocycles. The number of ether oxygens (including phenoxy) is 1. The van der Waals surface area contributed by atoms with Crippen LogP contribution in [0.15, 0.2) is 31.1 Å². The first kappa shape index (κ1) is 11.5. The lowest BCUT2D eigenvalue weighted by Gasteiger charge is -2.07. The Morgan fingerprint density at radius 1 is 1.26 bits per heavy atom. The topological polar surface area (TPSA) is 90.6 Å². The van der Waals surface area contributed by atoms with Gasteiger partial charge in [0.05, 0.1) is 6.20 Å². The summed E-state index contributed by atoms with van der Waals surface area (Å²) in [6.45, 7) is 0.329. The van der Waals surface area contributed by atoms with Crippen molar-refractivity contribution >= 4 is 22.7 Å². The molecule has 0 saturated carbocycles. The molecule has 0 bridgehead atoms. The van der Waals surface area contributed by atoms with Crippen molar-refractivity contribution in [2.45, 2.75) is 6.73 Å². The fourth-order valence-corrected chi connectivity index (χ4v) is 1.72. The summed E-state index contributed by atoms with van der Waals surface area (Å²) in [4.78, 5) is 16.3. The Bertz CT molecular complexity index is 682. The van der Waals surface area contributed by atoms with E-state index in [1.165, 1.54) is 12.7 Å². The van der Waals surface area contributed by atoms with Gasteiger partial charge < -0.3 is 10.1 Å². The minimum atomic E-state index is 0.329. The molecule has 0 fully saturated rings. The van der Waals surface area contributed by atoms with Crippen molar-refractivity contribution in [3.63, 3.8) is 0 Å². The van der Waals surface area contributed by atoms with E-state index in [2.05, 4.69) is 30.4 Å². The van der Waals surface area contributed by atoms with E-state index in [0.29, 0.717) is 18.4 Å². The van der Waals surface area contributed by atoms with Gasteiger partial charge in [0.15, 0.2) is 5.82 Å². The molecule has 8 nitrogen and oxygen atoms in total. The highest BCUT2D eigenvalue weighted by molar-refractivity contribution is 5.86. The van der Waals surface area contributed by atoms with Gasteiger partial charge in [0.2, 0.25) is 0 Å². The second-order valence-corrected chi connectivity index (χ2v) is 3.74. The van der Waals surface area contributed by atoms with Gasteiger partial charge >= 0.3 is 0 Å². The van der Waals surface area contributed by atoms with Gasteiger partial charge in [-0.2, -0.15) is 5.10 Å². The van der Waals surface area contributed by atoms with Gasteiger partial charge in [-0.3, -0.25) is 0 Å². The van der Waals surface area contributed by atoms with Crippen LogP contribution >= 0.6 is 0 Å². The van der Waals surface area contributed by atoms with Crippen LogP contribution in [0.2, 0.25) is 0 Å². The van der Waals surface area contributed by atoms with E-state index in [4.69, 9.17) is 4.74 Å². The van der Waals surface area contributed by atoms with E-state index < -0.39 is 0 Å². The third-order valence-electron chi connectivity index (χ3n) is 2.51. The van der Waals surface area contributed by atoms with Gasteiger partial charge in [-0.25, -0.2) is 24.6 Å². The molecular weight excluding hydrogens is 246 g/mol. The van der Waals surface area contributed by atoms with Crippen LogP contribution in [0.3, 0.4) is 0 Å². The van der Waals surface area contributed by atoms with Crippen LogP contribution in [0.1, 0.15) is 0 Å². The Balaban J connectivity index is 2.05. The van der Waals surface area contributed by atoms with Gasteiger partial charge in [-0.05, 0) is 6.07 Å². The zero-order valence-electron chi connectivity index (χ0n) is 10.2. The van der Waals surface area contributed by atoms with E-state index >= 15 is 0 Å². The normalized spacial score (nSPS) is 10.8. The van der Waals surface area contributed by atoms with Crippen LogP contribution in [0, 0.1) is 0 Å². The first-order valence-electron chi connectivity index (χ1n) is 5.57. The fourth-order valence-electron chi connectivity index (χ4n) is 1.72. The highest BCUT2D eigenvalue weighted by Crippen LogP contribution is 2.21. The summed E-state index contributed by atoms with van der Waals surface area (Å²) < 4.78 is 6.77. The number of aromatic nitrogens is 6. The third kappa shape index (κ3) is 2.20. The fraction of sp³-hybridized carbons (Fsp3) is 0.182. The van der Waals surface area contributed by atoms with Crippen molar-refractivity contribution in [3.8, 4) is 0 Å². The lowest BCUT2D eigenvalue weighted by Crippen LogP contribution is -2.05. The molecule has 0 saturated heterocycles. The average Bonchev–Trinajstić information content (AvgIpc) is 2.85. The van der Waals surface area contributed by atoms with Gasteiger partial charge in [-0.15, -0.1) is 0 Å². The number of nitrogens with zero attached hydrogens (tertiary/aromatic N) is 6. The van der Waals surface area contributed by atoms with Crippen LogP contribution in [0.25, 0.3) is 11.0 Å². The number of rotatable bonds is 4. The smallest absolute Gasteiger partial charge is 0.161 e. The molecule has 96 valence electrons. The largest absolute Gasteiger partial charge is 0.362 e. The van der Waals surface area contributed by atoms with E-state index in [1.807, 2.05) is 0 Å². The zero-order valence-corrected chi connectivity index (χ0v) is 10.2. The molecule has 3 aromatic rings. The molecular formula is C11H11N7O. The summed E-state index contributed by atoms with van der Waals surface area (Å²) in [5.41, 5.74) is 1.51. The van der Waals surface area contributed by atoms with Crippen molar-refractivity contribution in [1.82, 2.24) is 29.7 Å². The van der Waals surface area contributed by atoms with Gasteiger partial charge in [0, 0.05) is 13.3 Å². The molecule has 1 N–H and O–H groups in total. The molecule has 19 heavy (non-hydrogen) atoms. The Morgan fingerprint density at radius 2 is 2.21 bits per heavy atom. The molecule has 0 atom stereocenters. The van der Waals surface area contributed by atoms with Crippen LogP contribution in [-0.2, 0) is 11.5 Å². The van der Waals surface area contributed by atoms with E-state index in [9.17, 15) is 0 Å². The number of methoxy groups -OCH3 is 1. The SMILES string of the molecule is COCn1ncc2ncnc(Nc3ccncn3)c21. The molecule has 0 amide bonds. The summed E-state index contributed by atoms with van der Waals surface area (Å²) in [6.07, 6.45) is 6.26. The number of anilines is 2. The summed E-state index contributed by atoms with van der Waals surface area (Å²) >= 11 is 0. The Hall–Kier alpha value is -2.61. The number of hydrogen-bond donors (Lipinski definition) is 1. The monoisotopic (exact) mass is 257 g/mol. The van der Waals surface area contributed by atoms with Crippen molar-refractivity contribution in [2.24, 2.45) is 0 Å². The van der Waals surface area contributed by atoms with Gasteiger partial charge in [0.1, 0.15) is 36.2 Å². The lowest BCUT2D eigenvalue weighted by molar-refractivity contribution is 0.124. The van der Waals surface area contributed by atoms with Crippen LogP contribution in [-0.4, -0.2) is 36.8 Å². The van der Waals surface area contributed by atoms with E-state index in [-0.39, 0.29) is 0 Å². The maximum Gasteiger partial charge on any atom is 0.161 e. The standard InChI is InChI=1S/C11H11N7O/c1-19-7-18-10-8(4-16-18)13-6-15-11(10)17-9-2-3-12-5-14-9/h2-6H,7H2,1H3,(H,12,13,14,15,17). The minimum Gasteiger partial charge on any atom is -0.362 e. The first-order valence-corrected chi connectivity index (χ1v) is 5.57. The predicted molar refractivity (Wildman–Crippen MR) is 67.6 cm³/mol. The highest BCUT2D eigenvalue weighted by Gasteiger charge is 2.10. The molecule has 0 aliphatic carbocycles. The Kier molecular flexibility index (Phi) is 2.99. The quantitative estimate of drug-likeness (QED) is 0.744. The molecule has 0 spiro atoms. The third-order valence-corrected chi connectivity index (χ3v) is 2.51. The maximum atomic E-state index is 5.09. The molecule has 0 aliphatic heterocycles. The predicted octanol–water partition coefficient (Wildman–Crippen LogP) is 0.964.